The van der Waals surface area contributed by atoms with Gasteiger partial charge in [0.2, 0.25) is 5.91 Å². The van der Waals surface area contributed by atoms with Gasteiger partial charge in [0.05, 0.1) is 19.3 Å². The Morgan fingerprint density at radius 2 is 2.14 bits per heavy atom. The Hall–Kier alpha value is -0.320. The molecule has 2 aliphatic heterocycles. The van der Waals surface area contributed by atoms with Gasteiger partial charge >= 0.3 is 0 Å². The fourth-order valence-corrected chi connectivity index (χ4v) is 2.13. The van der Waals surface area contributed by atoms with Crippen molar-refractivity contribution in [2.24, 2.45) is 5.92 Å². The van der Waals surface area contributed by atoms with E-state index in [4.69, 9.17) is 4.74 Å². The highest BCUT2D eigenvalue weighted by Crippen LogP contribution is 2.26. The lowest BCUT2D eigenvalue weighted by atomic mass is 10.0. The van der Waals surface area contributed by atoms with Gasteiger partial charge in [0, 0.05) is 26.1 Å². The lowest BCUT2D eigenvalue weighted by Gasteiger charge is -2.17. The molecule has 82 valence electrons. The van der Waals surface area contributed by atoms with Crippen molar-refractivity contribution < 1.29 is 9.53 Å². The molecule has 5 heteroatoms. The summed E-state index contributed by atoms with van der Waals surface area (Å²) in [6.45, 7) is 1.58. The highest BCUT2D eigenvalue weighted by molar-refractivity contribution is 5.85. The van der Waals surface area contributed by atoms with Crippen molar-refractivity contribution in [2.75, 3.05) is 27.3 Å². The number of nitrogens with one attached hydrogen (secondary N) is 1. The van der Waals surface area contributed by atoms with Crippen molar-refractivity contribution in [3.8, 4) is 0 Å². The van der Waals surface area contributed by atoms with Gasteiger partial charge in [-0.05, 0) is 6.42 Å². The summed E-state index contributed by atoms with van der Waals surface area (Å²) in [5.74, 6) is 0.739. The summed E-state index contributed by atoms with van der Waals surface area (Å²) in [5, 5.41) is 3.32. The maximum Gasteiger partial charge on any atom is 0.239 e. The van der Waals surface area contributed by atoms with Crippen LogP contribution in [0.5, 0.6) is 0 Å². The summed E-state index contributed by atoms with van der Waals surface area (Å²) in [4.78, 5) is 13.3. The molecule has 2 rings (SSSR count). The zero-order valence-electron chi connectivity index (χ0n) is 8.53. The minimum atomic E-state index is 0. The summed E-state index contributed by atoms with van der Waals surface area (Å²) < 4.78 is 5.31. The maximum atomic E-state index is 11.6. The molecule has 3 atom stereocenters. The van der Waals surface area contributed by atoms with E-state index in [1.165, 1.54) is 0 Å². The van der Waals surface area contributed by atoms with E-state index in [0.717, 1.165) is 19.6 Å². The normalized spacial score (nSPS) is 34.9. The van der Waals surface area contributed by atoms with Crippen molar-refractivity contribution in [1.29, 1.82) is 0 Å². The van der Waals surface area contributed by atoms with Gasteiger partial charge in [-0.25, -0.2) is 0 Å². The Morgan fingerprint density at radius 3 is 2.71 bits per heavy atom. The van der Waals surface area contributed by atoms with Crippen molar-refractivity contribution in [3.63, 3.8) is 0 Å². The fourth-order valence-electron chi connectivity index (χ4n) is 2.13. The van der Waals surface area contributed by atoms with Crippen molar-refractivity contribution in [2.45, 2.75) is 18.5 Å². The van der Waals surface area contributed by atoms with Crippen molar-refractivity contribution in [1.82, 2.24) is 10.2 Å². The van der Waals surface area contributed by atoms with Crippen LogP contribution in [0.4, 0.5) is 0 Å². The molecule has 0 saturated carbocycles. The number of nitrogens with zero attached hydrogens (tertiary/aromatic N) is 1. The number of amides is 1. The number of fused-ring (bicyclic) bond motifs is 1. The number of likely N-dealkylation sites (N-methyl/N-ethyl adjacent to an activating group) is 1. The van der Waals surface area contributed by atoms with Crippen LogP contribution in [-0.4, -0.2) is 50.2 Å². The predicted molar refractivity (Wildman–Crippen MR) is 55.6 cm³/mol. The van der Waals surface area contributed by atoms with E-state index in [-0.39, 0.29) is 24.4 Å². The smallest absolute Gasteiger partial charge is 0.239 e. The van der Waals surface area contributed by atoms with Crippen LogP contribution in [0.25, 0.3) is 0 Å². The van der Waals surface area contributed by atoms with Gasteiger partial charge in [0.25, 0.3) is 0 Å². The second-order valence-corrected chi connectivity index (χ2v) is 4.09. The molecular formula is C9H17ClN2O2. The highest BCUT2D eigenvalue weighted by Gasteiger charge is 2.40. The molecule has 0 aromatic carbocycles. The Kier molecular flexibility index (Phi) is 3.75. The van der Waals surface area contributed by atoms with E-state index in [2.05, 4.69) is 5.32 Å². The summed E-state index contributed by atoms with van der Waals surface area (Å²) in [6, 6.07) is 0.433. The number of halogens is 1. The standard InChI is InChI=1S/C9H16N2O2.ClH/c1-11(2)9(12)7-3-6-4-13-5-8(6)10-7;/h6-8,10H,3-5H2,1-2H3;1H/t6-,7-,8+;/m0./s1. The summed E-state index contributed by atoms with van der Waals surface area (Å²) >= 11 is 0. The average Bonchev–Trinajstić information content (AvgIpc) is 2.59. The molecule has 0 unspecified atom stereocenters. The van der Waals surface area contributed by atoms with Gasteiger partial charge in [-0.1, -0.05) is 0 Å². The number of rotatable bonds is 1. The minimum Gasteiger partial charge on any atom is -0.379 e. The molecule has 0 radical (unpaired) electrons. The van der Waals surface area contributed by atoms with E-state index in [1.807, 2.05) is 0 Å². The zero-order chi connectivity index (χ0) is 9.42. The van der Waals surface area contributed by atoms with Gasteiger partial charge in [-0.15, -0.1) is 12.4 Å². The highest BCUT2D eigenvalue weighted by atomic mass is 35.5. The monoisotopic (exact) mass is 220 g/mol. The Bertz CT molecular complexity index is 211. The van der Waals surface area contributed by atoms with Crippen LogP contribution >= 0.6 is 12.4 Å². The van der Waals surface area contributed by atoms with Crippen molar-refractivity contribution >= 4 is 18.3 Å². The second-order valence-electron chi connectivity index (χ2n) is 4.09. The first-order chi connectivity index (χ1) is 6.18. The third-order valence-corrected chi connectivity index (χ3v) is 2.89. The summed E-state index contributed by atoms with van der Waals surface area (Å²) in [6.07, 6.45) is 0.932. The second kappa shape index (κ2) is 4.47. The lowest BCUT2D eigenvalue weighted by Crippen LogP contribution is -2.42. The van der Waals surface area contributed by atoms with Crippen LogP contribution in [0.2, 0.25) is 0 Å². The molecule has 14 heavy (non-hydrogen) atoms. The van der Waals surface area contributed by atoms with Crippen LogP contribution in [-0.2, 0) is 9.53 Å². The molecule has 1 N–H and O–H groups in total. The minimum absolute atomic E-state index is 0. The first kappa shape index (κ1) is 11.8. The van der Waals surface area contributed by atoms with Gasteiger partial charge in [0.1, 0.15) is 0 Å². The maximum absolute atomic E-state index is 11.6. The molecule has 2 saturated heterocycles. The number of carbonyl (C=O) groups excluding carboxylic acids is 1. The first-order valence-electron chi connectivity index (χ1n) is 4.73. The molecule has 2 aliphatic rings. The zero-order valence-corrected chi connectivity index (χ0v) is 9.34. The molecule has 0 bridgehead atoms. The van der Waals surface area contributed by atoms with Gasteiger partial charge in [-0.2, -0.15) is 0 Å². The quantitative estimate of drug-likeness (QED) is 0.670. The first-order valence-corrected chi connectivity index (χ1v) is 4.73. The number of hydrogen-bond acceptors (Lipinski definition) is 3. The number of hydrogen-bond donors (Lipinski definition) is 1. The van der Waals surface area contributed by atoms with E-state index in [1.54, 1.807) is 19.0 Å². The van der Waals surface area contributed by atoms with Crippen LogP contribution in [0, 0.1) is 5.92 Å². The fraction of sp³-hybridized carbons (Fsp3) is 0.889. The van der Waals surface area contributed by atoms with Gasteiger partial charge < -0.3 is 15.0 Å². The van der Waals surface area contributed by atoms with Crippen molar-refractivity contribution in [3.05, 3.63) is 0 Å². The molecule has 4 nitrogen and oxygen atoms in total. The molecule has 1 amide bonds. The number of carbonyl (C=O) groups is 1. The van der Waals surface area contributed by atoms with E-state index >= 15 is 0 Å². The Morgan fingerprint density at radius 1 is 1.43 bits per heavy atom. The van der Waals surface area contributed by atoms with Gasteiger partial charge in [0.15, 0.2) is 0 Å². The summed E-state index contributed by atoms with van der Waals surface area (Å²) in [5.41, 5.74) is 0. The largest absolute Gasteiger partial charge is 0.379 e. The molecule has 0 aliphatic carbocycles. The Balaban J connectivity index is 0.000000980. The van der Waals surface area contributed by atoms with Crippen LogP contribution in [0.3, 0.4) is 0 Å². The molecular weight excluding hydrogens is 204 g/mol. The molecule has 2 fully saturated rings. The third kappa shape index (κ3) is 2.02. The van der Waals surface area contributed by atoms with Crippen LogP contribution in [0.1, 0.15) is 6.42 Å². The molecule has 0 aromatic heterocycles. The SMILES string of the molecule is CN(C)C(=O)[C@@H]1C[C@H]2COC[C@H]2N1.Cl. The molecule has 0 spiro atoms. The van der Waals surface area contributed by atoms with Gasteiger partial charge in [-0.3, -0.25) is 4.79 Å². The van der Waals surface area contributed by atoms with E-state index in [9.17, 15) is 4.79 Å². The van der Waals surface area contributed by atoms with Crippen LogP contribution < -0.4 is 5.32 Å². The van der Waals surface area contributed by atoms with Crippen LogP contribution in [0.15, 0.2) is 0 Å². The predicted octanol–water partition coefficient (Wildman–Crippen LogP) is -0.127. The number of ether oxygens (including phenoxy) is 1. The summed E-state index contributed by atoms with van der Waals surface area (Å²) in [7, 11) is 3.60. The molecule has 2 heterocycles. The molecule has 0 aromatic rings. The average molecular weight is 221 g/mol. The van der Waals surface area contributed by atoms with E-state index in [0.29, 0.717) is 12.0 Å². The topological polar surface area (TPSA) is 41.6 Å². The third-order valence-electron chi connectivity index (χ3n) is 2.89. The Labute approximate surface area is 90.4 Å². The lowest BCUT2D eigenvalue weighted by molar-refractivity contribution is -0.130. The van der Waals surface area contributed by atoms with E-state index < -0.39 is 0 Å².